The maximum Gasteiger partial charge on any atom is 0.222 e. The Morgan fingerprint density at radius 1 is 0.900 bits per heavy atom. The maximum absolute atomic E-state index is 12.7. The number of methoxy groups -OCH3 is 2. The van der Waals surface area contributed by atoms with E-state index in [0.29, 0.717) is 13.0 Å². The lowest BCUT2D eigenvalue weighted by Crippen LogP contribution is -2.36. The van der Waals surface area contributed by atoms with Crippen molar-refractivity contribution in [3.05, 3.63) is 54.1 Å². The standard InChI is InChI=1S/C24H32N2O4/c1-28-21-11-8-20(9-12-21)10-13-24(27)26-15-5-14-25(16-17-26)18-19-30-23-7-4-3-6-22(23)29-2/h3-4,6-9,11-12H,5,10,13-19H2,1-2H3. The molecule has 1 heterocycles. The van der Waals surface area contributed by atoms with Gasteiger partial charge in [-0.15, -0.1) is 0 Å². The van der Waals surface area contributed by atoms with E-state index >= 15 is 0 Å². The van der Waals surface area contributed by atoms with Gasteiger partial charge in [0.15, 0.2) is 11.5 Å². The molecule has 0 N–H and O–H groups in total. The third kappa shape index (κ3) is 6.39. The van der Waals surface area contributed by atoms with Gasteiger partial charge in [-0.1, -0.05) is 24.3 Å². The summed E-state index contributed by atoms with van der Waals surface area (Å²) in [5.41, 5.74) is 1.16. The molecular formula is C24H32N2O4. The zero-order valence-electron chi connectivity index (χ0n) is 18.0. The zero-order chi connectivity index (χ0) is 21.2. The van der Waals surface area contributed by atoms with Crippen LogP contribution in [-0.4, -0.2) is 69.3 Å². The number of para-hydroxylation sites is 2. The number of rotatable bonds is 9. The second kappa shape index (κ2) is 11.5. The van der Waals surface area contributed by atoms with E-state index in [9.17, 15) is 4.79 Å². The minimum atomic E-state index is 0.234. The molecule has 1 aliphatic rings. The van der Waals surface area contributed by atoms with Gasteiger partial charge in [0.2, 0.25) is 5.91 Å². The first-order chi connectivity index (χ1) is 14.7. The highest BCUT2D eigenvalue weighted by Gasteiger charge is 2.19. The van der Waals surface area contributed by atoms with E-state index in [0.717, 1.165) is 68.4 Å². The van der Waals surface area contributed by atoms with Crippen molar-refractivity contribution in [1.82, 2.24) is 9.80 Å². The van der Waals surface area contributed by atoms with Crippen LogP contribution in [0.5, 0.6) is 17.2 Å². The van der Waals surface area contributed by atoms with Crippen LogP contribution in [-0.2, 0) is 11.2 Å². The molecule has 0 saturated carbocycles. The molecule has 1 fully saturated rings. The van der Waals surface area contributed by atoms with Crippen molar-refractivity contribution >= 4 is 5.91 Å². The Morgan fingerprint density at radius 3 is 2.40 bits per heavy atom. The number of amides is 1. The molecule has 0 spiro atoms. The molecule has 3 rings (SSSR count). The highest BCUT2D eigenvalue weighted by atomic mass is 16.5. The van der Waals surface area contributed by atoms with E-state index in [1.54, 1.807) is 14.2 Å². The Hall–Kier alpha value is -2.73. The van der Waals surface area contributed by atoms with E-state index in [-0.39, 0.29) is 5.91 Å². The van der Waals surface area contributed by atoms with Crippen LogP contribution in [0.25, 0.3) is 0 Å². The van der Waals surface area contributed by atoms with Crippen LogP contribution in [0.2, 0.25) is 0 Å². The SMILES string of the molecule is COc1ccc(CCC(=O)N2CCCN(CCOc3ccccc3OC)CC2)cc1. The molecule has 1 amide bonds. The Balaban J connectivity index is 1.39. The van der Waals surface area contributed by atoms with Crippen LogP contribution in [0.3, 0.4) is 0 Å². The summed E-state index contributed by atoms with van der Waals surface area (Å²) in [6, 6.07) is 15.6. The summed E-state index contributed by atoms with van der Waals surface area (Å²) in [5, 5.41) is 0. The highest BCUT2D eigenvalue weighted by Crippen LogP contribution is 2.25. The normalized spacial score (nSPS) is 14.8. The molecule has 2 aromatic carbocycles. The molecule has 0 aromatic heterocycles. The number of ether oxygens (including phenoxy) is 3. The lowest BCUT2D eigenvalue weighted by Gasteiger charge is -2.22. The summed E-state index contributed by atoms with van der Waals surface area (Å²) in [6.07, 6.45) is 2.29. The molecule has 0 aliphatic carbocycles. The van der Waals surface area contributed by atoms with Gasteiger partial charge < -0.3 is 19.1 Å². The van der Waals surface area contributed by atoms with E-state index in [1.165, 1.54) is 0 Å². The zero-order valence-corrected chi connectivity index (χ0v) is 18.0. The maximum atomic E-state index is 12.7. The quantitative estimate of drug-likeness (QED) is 0.633. The van der Waals surface area contributed by atoms with Gasteiger partial charge in [-0.3, -0.25) is 9.69 Å². The van der Waals surface area contributed by atoms with E-state index < -0.39 is 0 Å². The van der Waals surface area contributed by atoms with Crippen molar-refractivity contribution in [3.8, 4) is 17.2 Å². The molecule has 30 heavy (non-hydrogen) atoms. The fraction of sp³-hybridized carbons (Fsp3) is 0.458. The lowest BCUT2D eigenvalue weighted by atomic mass is 10.1. The third-order valence-corrected chi connectivity index (χ3v) is 5.46. The van der Waals surface area contributed by atoms with Crippen molar-refractivity contribution in [2.45, 2.75) is 19.3 Å². The summed E-state index contributed by atoms with van der Waals surface area (Å²) in [4.78, 5) is 17.0. The van der Waals surface area contributed by atoms with Gasteiger partial charge >= 0.3 is 0 Å². The van der Waals surface area contributed by atoms with Crippen molar-refractivity contribution < 1.29 is 19.0 Å². The van der Waals surface area contributed by atoms with Gasteiger partial charge in [-0.25, -0.2) is 0 Å². The second-order valence-electron chi connectivity index (χ2n) is 7.42. The van der Waals surface area contributed by atoms with Gasteiger partial charge in [-0.05, 0) is 42.7 Å². The fourth-order valence-electron chi connectivity index (χ4n) is 3.67. The van der Waals surface area contributed by atoms with Crippen LogP contribution in [0.15, 0.2) is 48.5 Å². The number of hydrogen-bond donors (Lipinski definition) is 0. The highest BCUT2D eigenvalue weighted by molar-refractivity contribution is 5.76. The van der Waals surface area contributed by atoms with Crippen LogP contribution in [0, 0.1) is 0 Å². The Labute approximate surface area is 179 Å². The Bertz CT molecular complexity index is 794. The summed E-state index contributed by atoms with van der Waals surface area (Å²) in [7, 11) is 3.31. The lowest BCUT2D eigenvalue weighted by molar-refractivity contribution is -0.131. The number of benzene rings is 2. The molecule has 6 heteroatoms. The summed E-state index contributed by atoms with van der Waals surface area (Å²) in [5.74, 6) is 2.59. The Kier molecular flexibility index (Phi) is 8.39. The number of carbonyl (C=O) groups is 1. The molecule has 0 atom stereocenters. The number of hydrogen-bond acceptors (Lipinski definition) is 5. The molecular weight excluding hydrogens is 380 g/mol. The Morgan fingerprint density at radius 2 is 1.67 bits per heavy atom. The van der Waals surface area contributed by atoms with Gasteiger partial charge in [0.1, 0.15) is 12.4 Å². The van der Waals surface area contributed by atoms with Crippen molar-refractivity contribution in [3.63, 3.8) is 0 Å². The van der Waals surface area contributed by atoms with E-state index in [1.807, 2.05) is 53.4 Å². The van der Waals surface area contributed by atoms with E-state index in [2.05, 4.69) is 4.90 Å². The van der Waals surface area contributed by atoms with Crippen molar-refractivity contribution in [2.24, 2.45) is 0 Å². The monoisotopic (exact) mass is 412 g/mol. The van der Waals surface area contributed by atoms with Crippen LogP contribution < -0.4 is 14.2 Å². The largest absolute Gasteiger partial charge is 0.497 e. The molecule has 1 aliphatic heterocycles. The number of carbonyl (C=O) groups excluding carboxylic acids is 1. The smallest absolute Gasteiger partial charge is 0.222 e. The van der Waals surface area contributed by atoms with E-state index in [4.69, 9.17) is 14.2 Å². The summed E-state index contributed by atoms with van der Waals surface area (Å²) in [6.45, 7) is 4.90. The van der Waals surface area contributed by atoms with Crippen LogP contribution in [0.1, 0.15) is 18.4 Å². The molecule has 0 unspecified atom stereocenters. The predicted octanol–water partition coefficient (Wildman–Crippen LogP) is 3.25. The number of aryl methyl sites for hydroxylation is 1. The summed E-state index contributed by atoms with van der Waals surface area (Å²) >= 11 is 0. The first kappa shape index (κ1) is 22.0. The van der Waals surface area contributed by atoms with Gasteiger partial charge in [0.05, 0.1) is 14.2 Å². The van der Waals surface area contributed by atoms with Crippen molar-refractivity contribution in [2.75, 3.05) is 53.6 Å². The van der Waals surface area contributed by atoms with Crippen LogP contribution >= 0.6 is 0 Å². The molecule has 1 saturated heterocycles. The first-order valence-electron chi connectivity index (χ1n) is 10.6. The molecule has 0 radical (unpaired) electrons. The van der Waals surface area contributed by atoms with Crippen LogP contribution in [0.4, 0.5) is 0 Å². The molecule has 2 aromatic rings. The van der Waals surface area contributed by atoms with Crippen molar-refractivity contribution in [1.29, 1.82) is 0 Å². The average molecular weight is 413 g/mol. The topological polar surface area (TPSA) is 51.2 Å². The molecule has 0 bridgehead atoms. The molecule has 6 nitrogen and oxygen atoms in total. The fourth-order valence-corrected chi connectivity index (χ4v) is 3.67. The minimum Gasteiger partial charge on any atom is -0.497 e. The third-order valence-electron chi connectivity index (χ3n) is 5.46. The number of nitrogens with zero attached hydrogens (tertiary/aromatic N) is 2. The van der Waals surface area contributed by atoms with Gasteiger partial charge in [0, 0.05) is 39.1 Å². The summed E-state index contributed by atoms with van der Waals surface area (Å²) < 4.78 is 16.4. The minimum absolute atomic E-state index is 0.234. The average Bonchev–Trinajstić information content (AvgIpc) is 3.04. The first-order valence-corrected chi connectivity index (χ1v) is 10.6. The van der Waals surface area contributed by atoms with Gasteiger partial charge in [0.25, 0.3) is 0 Å². The van der Waals surface area contributed by atoms with Gasteiger partial charge in [-0.2, -0.15) is 0 Å². The molecule has 162 valence electrons. The predicted molar refractivity (Wildman–Crippen MR) is 117 cm³/mol. The second-order valence-corrected chi connectivity index (χ2v) is 7.42.